The van der Waals surface area contributed by atoms with Crippen molar-refractivity contribution in [3.05, 3.63) is 48.0 Å². The summed E-state index contributed by atoms with van der Waals surface area (Å²) in [6.45, 7) is 7.52. The first-order valence-electron chi connectivity index (χ1n) is 10.8. The highest BCUT2D eigenvalue weighted by Crippen LogP contribution is 2.22. The minimum absolute atomic E-state index is 0.136. The number of carbonyl (C=O) groups excluding carboxylic acids is 1. The van der Waals surface area contributed by atoms with Crippen LogP contribution < -0.4 is 9.80 Å². The van der Waals surface area contributed by atoms with E-state index in [1.165, 1.54) is 0 Å². The van der Waals surface area contributed by atoms with Crippen molar-refractivity contribution < 1.29 is 14.1 Å². The van der Waals surface area contributed by atoms with Crippen LogP contribution >= 0.6 is 0 Å². The second-order valence-corrected chi connectivity index (χ2v) is 7.86. The monoisotopic (exact) mass is 435 g/mol. The molecule has 0 spiro atoms. The smallest absolute Gasteiger partial charge is 0.276 e. The maximum Gasteiger partial charge on any atom is 0.276 e. The lowest BCUT2D eigenvalue weighted by Crippen LogP contribution is -2.49. The van der Waals surface area contributed by atoms with Gasteiger partial charge in [-0.25, -0.2) is 4.98 Å². The number of anilines is 2. The van der Waals surface area contributed by atoms with Gasteiger partial charge in [0, 0.05) is 75.1 Å². The first-order chi connectivity index (χ1) is 15.7. The summed E-state index contributed by atoms with van der Waals surface area (Å²) in [5, 5.41) is 3.97. The molecule has 0 radical (unpaired) electrons. The molecule has 2 aliphatic heterocycles. The standard InChI is InChI=1S/C22H25N7O3/c1-16-13-20(27-9-11-31-12-10-27)25-22(24-16)29-7-5-28(6-8-29)21(30)18-14-19(32-26-18)17-3-2-4-23-15-17/h2-4,13-15H,5-12H2,1H3. The van der Waals surface area contributed by atoms with E-state index >= 15 is 0 Å². The van der Waals surface area contributed by atoms with E-state index in [2.05, 4.69) is 24.9 Å². The number of morpholine rings is 1. The molecule has 0 atom stereocenters. The van der Waals surface area contributed by atoms with Gasteiger partial charge in [-0.3, -0.25) is 9.78 Å². The summed E-state index contributed by atoms with van der Waals surface area (Å²) in [6, 6.07) is 7.37. The van der Waals surface area contributed by atoms with Gasteiger partial charge in [0.25, 0.3) is 5.91 Å². The van der Waals surface area contributed by atoms with Crippen LogP contribution in [0.15, 0.2) is 41.2 Å². The van der Waals surface area contributed by atoms with Crippen molar-refractivity contribution >= 4 is 17.7 Å². The number of hydrogen-bond donors (Lipinski definition) is 0. The molecule has 0 bridgehead atoms. The van der Waals surface area contributed by atoms with E-state index in [4.69, 9.17) is 14.2 Å². The van der Waals surface area contributed by atoms with Gasteiger partial charge in [-0.15, -0.1) is 0 Å². The van der Waals surface area contributed by atoms with Crippen molar-refractivity contribution in [3.63, 3.8) is 0 Å². The number of nitrogens with zero attached hydrogens (tertiary/aromatic N) is 7. The Morgan fingerprint density at radius 3 is 2.56 bits per heavy atom. The summed E-state index contributed by atoms with van der Waals surface area (Å²) in [5.41, 5.74) is 2.02. The first kappa shape index (κ1) is 20.4. The van der Waals surface area contributed by atoms with Crippen molar-refractivity contribution in [2.45, 2.75) is 6.92 Å². The number of piperazine rings is 1. The summed E-state index contributed by atoms with van der Waals surface area (Å²) >= 11 is 0. The minimum Gasteiger partial charge on any atom is -0.378 e. The van der Waals surface area contributed by atoms with Crippen molar-refractivity contribution in [3.8, 4) is 11.3 Å². The molecule has 2 fully saturated rings. The van der Waals surface area contributed by atoms with Crippen LogP contribution in [0.25, 0.3) is 11.3 Å². The van der Waals surface area contributed by atoms with Gasteiger partial charge in [-0.05, 0) is 19.1 Å². The molecular weight excluding hydrogens is 410 g/mol. The molecule has 166 valence electrons. The average Bonchev–Trinajstić information content (AvgIpc) is 3.35. The normalized spacial score (nSPS) is 17.0. The van der Waals surface area contributed by atoms with Crippen molar-refractivity contribution in [1.29, 1.82) is 0 Å². The lowest BCUT2D eigenvalue weighted by Gasteiger charge is -2.35. The predicted octanol–water partition coefficient (Wildman–Crippen LogP) is 1.63. The Bertz CT molecular complexity index is 1070. The van der Waals surface area contributed by atoms with Gasteiger partial charge < -0.3 is 24.0 Å². The summed E-state index contributed by atoms with van der Waals surface area (Å²) in [7, 11) is 0. The van der Waals surface area contributed by atoms with Gasteiger partial charge in [0.15, 0.2) is 11.5 Å². The molecule has 3 aromatic rings. The van der Waals surface area contributed by atoms with Crippen LogP contribution in [0.3, 0.4) is 0 Å². The Kier molecular flexibility index (Phi) is 5.68. The molecule has 0 unspecified atom stereocenters. The molecule has 5 heterocycles. The maximum absolute atomic E-state index is 12.9. The third kappa shape index (κ3) is 4.26. The SMILES string of the molecule is Cc1cc(N2CCOCC2)nc(N2CCN(C(=O)c3cc(-c4cccnc4)on3)CC2)n1. The Morgan fingerprint density at radius 1 is 1.00 bits per heavy atom. The quantitative estimate of drug-likeness (QED) is 0.605. The number of ether oxygens (including phenoxy) is 1. The number of aromatic nitrogens is 4. The summed E-state index contributed by atoms with van der Waals surface area (Å²) < 4.78 is 10.8. The number of amides is 1. The van der Waals surface area contributed by atoms with Gasteiger partial charge in [0.1, 0.15) is 5.82 Å². The Morgan fingerprint density at radius 2 is 1.81 bits per heavy atom. The third-order valence-corrected chi connectivity index (χ3v) is 5.69. The first-order valence-corrected chi connectivity index (χ1v) is 10.8. The van der Waals surface area contributed by atoms with E-state index in [1.807, 2.05) is 25.1 Å². The largest absolute Gasteiger partial charge is 0.378 e. The molecule has 1 amide bonds. The molecule has 0 saturated carbocycles. The van der Waals surface area contributed by atoms with Gasteiger partial charge in [0.2, 0.25) is 5.95 Å². The van der Waals surface area contributed by atoms with Crippen LogP contribution in [0.4, 0.5) is 11.8 Å². The van der Waals surface area contributed by atoms with E-state index in [0.717, 1.165) is 30.2 Å². The highest BCUT2D eigenvalue weighted by Gasteiger charge is 2.26. The summed E-state index contributed by atoms with van der Waals surface area (Å²) in [4.78, 5) is 32.6. The summed E-state index contributed by atoms with van der Waals surface area (Å²) in [5.74, 6) is 2.03. The van der Waals surface area contributed by atoms with E-state index in [9.17, 15) is 4.79 Å². The van der Waals surface area contributed by atoms with Crippen LogP contribution in [-0.2, 0) is 4.74 Å². The fourth-order valence-corrected chi connectivity index (χ4v) is 3.92. The molecule has 2 saturated heterocycles. The van der Waals surface area contributed by atoms with Crippen molar-refractivity contribution in [2.24, 2.45) is 0 Å². The average molecular weight is 435 g/mol. The molecule has 0 aromatic carbocycles. The number of carbonyl (C=O) groups is 1. The predicted molar refractivity (Wildman–Crippen MR) is 118 cm³/mol. The van der Waals surface area contributed by atoms with Crippen LogP contribution in [0.2, 0.25) is 0 Å². The van der Waals surface area contributed by atoms with E-state index in [-0.39, 0.29) is 5.91 Å². The number of rotatable bonds is 4. The number of hydrogen-bond acceptors (Lipinski definition) is 9. The van der Waals surface area contributed by atoms with Crippen LogP contribution in [-0.4, -0.2) is 83.4 Å². The molecule has 0 N–H and O–H groups in total. The molecular formula is C22H25N7O3. The Labute approximate surface area is 185 Å². The Balaban J connectivity index is 1.24. The topological polar surface area (TPSA) is 101 Å². The molecule has 2 aliphatic rings. The molecule has 0 aliphatic carbocycles. The van der Waals surface area contributed by atoms with Crippen LogP contribution in [0.1, 0.15) is 16.2 Å². The second kappa shape index (κ2) is 8.91. The molecule has 3 aromatic heterocycles. The van der Waals surface area contributed by atoms with E-state index in [0.29, 0.717) is 56.8 Å². The fraction of sp³-hybridized carbons (Fsp3) is 0.409. The van der Waals surface area contributed by atoms with Gasteiger partial charge in [0.05, 0.1) is 13.2 Å². The number of aryl methyl sites for hydroxylation is 1. The zero-order valence-corrected chi connectivity index (χ0v) is 18.0. The highest BCUT2D eigenvalue weighted by molar-refractivity contribution is 5.93. The van der Waals surface area contributed by atoms with Crippen molar-refractivity contribution in [1.82, 2.24) is 25.0 Å². The minimum atomic E-state index is -0.136. The molecule has 32 heavy (non-hydrogen) atoms. The van der Waals surface area contributed by atoms with Crippen LogP contribution in [0.5, 0.6) is 0 Å². The van der Waals surface area contributed by atoms with Gasteiger partial charge in [-0.1, -0.05) is 5.16 Å². The van der Waals surface area contributed by atoms with Crippen molar-refractivity contribution in [2.75, 3.05) is 62.3 Å². The third-order valence-electron chi connectivity index (χ3n) is 5.69. The molecule has 10 heteroatoms. The molecule has 5 rings (SSSR count). The zero-order valence-electron chi connectivity index (χ0n) is 18.0. The Hall–Kier alpha value is -3.53. The van der Waals surface area contributed by atoms with Gasteiger partial charge >= 0.3 is 0 Å². The lowest BCUT2D eigenvalue weighted by atomic mass is 10.2. The number of pyridine rings is 1. The molecule has 10 nitrogen and oxygen atoms in total. The zero-order chi connectivity index (χ0) is 21.9. The van der Waals surface area contributed by atoms with Gasteiger partial charge in [-0.2, -0.15) is 4.98 Å². The van der Waals surface area contributed by atoms with Crippen LogP contribution in [0, 0.1) is 6.92 Å². The summed E-state index contributed by atoms with van der Waals surface area (Å²) in [6.07, 6.45) is 3.37. The maximum atomic E-state index is 12.9. The second-order valence-electron chi connectivity index (χ2n) is 7.86. The lowest BCUT2D eigenvalue weighted by molar-refractivity contribution is 0.0736. The fourth-order valence-electron chi connectivity index (χ4n) is 3.92. The van der Waals surface area contributed by atoms with E-state index < -0.39 is 0 Å². The van der Waals surface area contributed by atoms with E-state index in [1.54, 1.807) is 23.4 Å². The highest BCUT2D eigenvalue weighted by atomic mass is 16.5.